The Balaban J connectivity index is 2.37. The van der Waals surface area contributed by atoms with Crippen LogP contribution in [0, 0.1) is 6.92 Å². The summed E-state index contributed by atoms with van der Waals surface area (Å²) < 4.78 is 1.65. The van der Waals surface area contributed by atoms with E-state index in [1.165, 1.54) is 0 Å². The SMILES string of the molecule is [CH2]/C=C(/C)c1ccc(-c2nnnn2C)cc1. The summed E-state index contributed by atoms with van der Waals surface area (Å²) >= 11 is 0. The smallest absolute Gasteiger partial charge is 0.181 e. The molecule has 2 rings (SSSR count). The van der Waals surface area contributed by atoms with Gasteiger partial charge in [-0.2, -0.15) is 0 Å². The number of hydrogen-bond donors (Lipinski definition) is 0. The van der Waals surface area contributed by atoms with Crippen molar-refractivity contribution in [2.24, 2.45) is 7.05 Å². The molecule has 0 N–H and O–H groups in total. The molecule has 0 atom stereocenters. The fourth-order valence-corrected chi connectivity index (χ4v) is 1.47. The van der Waals surface area contributed by atoms with Crippen LogP contribution < -0.4 is 0 Å². The molecule has 0 fully saturated rings. The summed E-state index contributed by atoms with van der Waals surface area (Å²) in [7, 11) is 1.82. The number of aryl methyl sites for hydroxylation is 1. The summed E-state index contributed by atoms with van der Waals surface area (Å²) in [5, 5.41) is 11.4. The first-order valence-electron chi connectivity index (χ1n) is 5.01. The second-order valence-electron chi connectivity index (χ2n) is 3.59. The Kier molecular flexibility index (Phi) is 2.81. The van der Waals surface area contributed by atoms with E-state index in [1.54, 1.807) is 4.68 Å². The fraction of sp³-hybridized carbons (Fsp3) is 0.167. The molecular formula is C12H13N4. The third-order valence-corrected chi connectivity index (χ3v) is 2.52. The summed E-state index contributed by atoms with van der Waals surface area (Å²) in [6.45, 7) is 5.78. The second-order valence-corrected chi connectivity index (χ2v) is 3.59. The third kappa shape index (κ3) is 1.86. The summed E-state index contributed by atoms with van der Waals surface area (Å²) in [6.07, 6.45) is 1.85. The second kappa shape index (κ2) is 4.26. The van der Waals surface area contributed by atoms with E-state index in [0.29, 0.717) is 0 Å². The van der Waals surface area contributed by atoms with Crippen molar-refractivity contribution in [3.63, 3.8) is 0 Å². The van der Waals surface area contributed by atoms with Crippen LogP contribution in [0.15, 0.2) is 30.3 Å². The normalized spacial score (nSPS) is 11.8. The van der Waals surface area contributed by atoms with Crippen molar-refractivity contribution in [3.8, 4) is 11.4 Å². The highest BCUT2D eigenvalue weighted by Gasteiger charge is 2.05. The van der Waals surface area contributed by atoms with Gasteiger partial charge in [0.15, 0.2) is 5.82 Å². The Morgan fingerprint density at radius 2 is 2.00 bits per heavy atom. The quantitative estimate of drug-likeness (QED) is 0.767. The molecule has 0 aliphatic carbocycles. The molecule has 2 aromatic rings. The van der Waals surface area contributed by atoms with Gasteiger partial charge in [0, 0.05) is 12.6 Å². The lowest BCUT2D eigenvalue weighted by molar-refractivity contribution is 0.714. The van der Waals surface area contributed by atoms with Crippen LogP contribution in [0.1, 0.15) is 12.5 Å². The maximum absolute atomic E-state index is 3.96. The average Bonchev–Trinajstić information content (AvgIpc) is 2.75. The zero-order valence-corrected chi connectivity index (χ0v) is 9.38. The number of hydrogen-bond acceptors (Lipinski definition) is 3. The molecule has 0 saturated heterocycles. The lowest BCUT2D eigenvalue weighted by Crippen LogP contribution is -1.94. The summed E-state index contributed by atoms with van der Waals surface area (Å²) in [5.41, 5.74) is 3.32. The van der Waals surface area contributed by atoms with Crippen LogP contribution >= 0.6 is 0 Å². The van der Waals surface area contributed by atoms with Gasteiger partial charge in [-0.3, -0.25) is 0 Å². The molecule has 0 aliphatic rings. The molecule has 0 saturated carbocycles. The van der Waals surface area contributed by atoms with Crippen molar-refractivity contribution in [2.45, 2.75) is 6.92 Å². The van der Waals surface area contributed by atoms with Crippen molar-refractivity contribution < 1.29 is 0 Å². The minimum Gasteiger partial charge on any atom is -0.229 e. The number of benzene rings is 1. The van der Waals surface area contributed by atoms with Gasteiger partial charge < -0.3 is 0 Å². The van der Waals surface area contributed by atoms with E-state index in [4.69, 9.17) is 0 Å². The van der Waals surface area contributed by atoms with Crippen LogP contribution in [-0.4, -0.2) is 20.2 Å². The molecular weight excluding hydrogens is 200 g/mol. The van der Waals surface area contributed by atoms with Crippen molar-refractivity contribution in [1.29, 1.82) is 0 Å². The Bertz CT molecular complexity index is 508. The first kappa shape index (κ1) is 10.5. The van der Waals surface area contributed by atoms with Gasteiger partial charge in [0.25, 0.3) is 0 Å². The molecule has 16 heavy (non-hydrogen) atoms. The summed E-state index contributed by atoms with van der Waals surface area (Å²) in [6, 6.07) is 8.10. The summed E-state index contributed by atoms with van der Waals surface area (Å²) in [4.78, 5) is 0. The van der Waals surface area contributed by atoms with E-state index in [-0.39, 0.29) is 0 Å². The molecule has 1 aromatic carbocycles. The van der Waals surface area contributed by atoms with Crippen LogP contribution in [0.25, 0.3) is 17.0 Å². The van der Waals surface area contributed by atoms with E-state index >= 15 is 0 Å². The molecule has 0 spiro atoms. The van der Waals surface area contributed by atoms with E-state index in [9.17, 15) is 0 Å². The van der Waals surface area contributed by atoms with Gasteiger partial charge in [0.05, 0.1) is 0 Å². The van der Waals surface area contributed by atoms with Gasteiger partial charge in [-0.25, -0.2) is 4.68 Å². The van der Waals surface area contributed by atoms with Crippen molar-refractivity contribution >= 4 is 5.57 Å². The van der Waals surface area contributed by atoms with Gasteiger partial charge in [-0.05, 0) is 35.4 Å². The van der Waals surface area contributed by atoms with Crippen LogP contribution in [0.4, 0.5) is 0 Å². The largest absolute Gasteiger partial charge is 0.229 e. The van der Waals surface area contributed by atoms with Crippen LogP contribution in [-0.2, 0) is 7.05 Å². The molecule has 1 radical (unpaired) electrons. The van der Waals surface area contributed by atoms with Crippen LogP contribution in [0.5, 0.6) is 0 Å². The van der Waals surface area contributed by atoms with E-state index in [1.807, 2.05) is 44.3 Å². The number of tetrazole rings is 1. The van der Waals surface area contributed by atoms with Gasteiger partial charge in [0.1, 0.15) is 0 Å². The molecule has 1 heterocycles. The Labute approximate surface area is 94.6 Å². The highest BCUT2D eigenvalue weighted by molar-refractivity contribution is 5.67. The molecule has 4 heteroatoms. The average molecular weight is 213 g/mol. The van der Waals surface area contributed by atoms with Crippen molar-refractivity contribution in [1.82, 2.24) is 20.2 Å². The fourth-order valence-electron chi connectivity index (χ4n) is 1.47. The number of rotatable bonds is 2. The maximum atomic E-state index is 3.96. The lowest BCUT2D eigenvalue weighted by Gasteiger charge is -2.02. The third-order valence-electron chi connectivity index (χ3n) is 2.52. The predicted octanol–water partition coefficient (Wildman–Crippen LogP) is 2.11. The van der Waals surface area contributed by atoms with Crippen LogP contribution in [0.2, 0.25) is 0 Å². The van der Waals surface area contributed by atoms with Gasteiger partial charge in [0.2, 0.25) is 0 Å². The Hall–Kier alpha value is -1.97. The molecule has 1 aromatic heterocycles. The van der Waals surface area contributed by atoms with Gasteiger partial charge in [-0.15, -0.1) is 5.10 Å². The number of nitrogens with zero attached hydrogens (tertiary/aromatic N) is 4. The van der Waals surface area contributed by atoms with Crippen molar-refractivity contribution in [3.05, 3.63) is 42.8 Å². The summed E-state index contributed by atoms with van der Waals surface area (Å²) in [5.74, 6) is 0.766. The Morgan fingerprint density at radius 3 is 2.50 bits per heavy atom. The van der Waals surface area contributed by atoms with E-state index < -0.39 is 0 Å². The molecule has 0 bridgehead atoms. The predicted molar refractivity (Wildman–Crippen MR) is 63.2 cm³/mol. The molecule has 0 aliphatic heterocycles. The van der Waals surface area contributed by atoms with Crippen LogP contribution in [0.3, 0.4) is 0 Å². The van der Waals surface area contributed by atoms with Crippen molar-refractivity contribution in [2.75, 3.05) is 0 Å². The zero-order valence-electron chi connectivity index (χ0n) is 9.38. The van der Waals surface area contributed by atoms with E-state index in [0.717, 1.165) is 22.5 Å². The Morgan fingerprint density at radius 1 is 1.31 bits per heavy atom. The number of aromatic nitrogens is 4. The highest BCUT2D eigenvalue weighted by atomic mass is 15.5. The first-order chi connectivity index (χ1) is 7.72. The molecule has 0 unspecified atom stereocenters. The molecule has 81 valence electrons. The van der Waals surface area contributed by atoms with E-state index in [2.05, 4.69) is 22.4 Å². The molecule has 4 nitrogen and oxygen atoms in total. The highest BCUT2D eigenvalue weighted by Crippen LogP contribution is 2.19. The topological polar surface area (TPSA) is 43.6 Å². The first-order valence-corrected chi connectivity index (χ1v) is 5.01. The zero-order chi connectivity index (χ0) is 11.5. The standard InChI is InChI=1S/C12H13N4/c1-4-9(2)10-5-7-11(8-6-10)12-13-14-15-16(12)3/h4-8H,1H2,2-3H3/b9-4-. The van der Waals surface area contributed by atoms with Gasteiger partial charge in [-0.1, -0.05) is 30.3 Å². The van der Waals surface area contributed by atoms with Gasteiger partial charge >= 0.3 is 0 Å². The lowest BCUT2D eigenvalue weighted by atomic mass is 10.1. The minimum absolute atomic E-state index is 0.766. The minimum atomic E-state index is 0.766. The number of allylic oxidation sites excluding steroid dienone is 2. The monoisotopic (exact) mass is 213 g/mol. The maximum Gasteiger partial charge on any atom is 0.181 e. The molecule has 0 amide bonds.